The molecule has 2 rings (SSSR count). The molecule has 5 heteroatoms. The van der Waals surface area contributed by atoms with Crippen LogP contribution in [0.2, 0.25) is 0 Å². The Balaban J connectivity index is 1.85. The van der Waals surface area contributed by atoms with Gasteiger partial charge in [-0.15, -0.1) is 11.3 Å². The lowest BCUT2D eigenvalue weighted by atomic mass is 10.2. The Morgan fingerprint density at radius 2 is 2.39 bits per heavy atom. The van der Waals surface area contributed by atoms with Crippen LogP contribution in [0.3, 0.4) is 0 Å². The number of aryl methyl sites for hydroxylation is 1. The number of ether oxygens (including phenoxy) is 1. The van der Waals surface area contributed by atoms with Gasteiger partial charge in [0.2, 0.25) is 0 Å². The Morgan fingerprint density at radius 1 is 1.56 bits per heavy atom. The van der Waals surface area contributed by atoms with Crippen molar-refractivity contribution in [3.63, 3.8) is 0 Å². The standard InChI is InChI=1S/C13H14N2O2S/c1-9-11(14)7-12(18-9)13(16)17-6-4-10-3-2-5-15-8-10/h2-3,5,7-8H,4,6,14H2,1H3. The van der Waals surface area contributed by atoms with Crippen LogP contribution in [0.4, 0.5) is 5.69 Å². The summed E-state index contributed by atoms with van der Waals surface area (Å²) in [7, 11) is 0. The van der Waals surface area contributed by atoms with Crippen LogP contribution < -0.4 is 5.73 Å². The lowest BCUT2D eigenvalue weighted by molar-refractivity contribution is 0.0515. The molecule has 0 radical (unpaired) electrons. The van der Waals surface area contributed by atoms with E-state index in [1.165, 1.54) is 11.3 Å². The zero-order valence-corrected chi connectivity index (χ0v) is 10.9. The van der Waals surface area contributed by atoms with E-state index in [0.29, 0.717) is 23.6 Å². The number of pyridine rings is 1. The normalized spacial score (nSPS) is 10.3. The topological polar surface area (TPSA) is 65.2 Å². The van der Waals surface area contributed by atoms with E-state index in [0.717, 1.165) is 10.4 Å². The van der Waals surface area contributed by atoms with Crippen molar-refractivity contribution in [3.8, 4) is 0 Å². The van der Waals surface area contributed by atoms with E-state index in [-0.39, 0.29) is 5.97 Å². The van der Waals surface area contributed by atoms with Gasteiger partial charge >= 0.3 is 5.97 Å². The fourth-order valence-electron chi connectivity index (χ4n) is 1.48. The molecule has 0 saturated heterocycles. The van der Waals surface area contributed by atoms with Crippen molar-refractivity contribution in [3.05, 3.63) is 45.9 Å². The first-order chi connectivity index (χ1) is 8.66. The van der Waals surface area contributed by atoms with Crippen molar-refractivity contribution in [1.82, 2.24) is 4.98 Å². The number of thiophene rings is 1. The number of anilines is 1. The van der Waals surface area contributed by atoms with Gasteiger partial charge in [-0.2, -0.15) is 0 Å². The van der Waals surface area contributed by atoms with Gasteiger partial charge in [0.25, 0.3) is 0 Å². The van der Waals surface area contributed by atoms with Crippen LogP contribution in [0.15, 0.2) is 30.6 Å². The maximum absolute atomic E-state index is 11.7. The van der Waals surface area contributed by atoms with Crippen LogP contribution in [-0.2, 0) is 11.2 Å². The fraction of sp³-hybridized carbons (Fsp3) is 0.231. The smallest absolute Gasteiger partial charge is 0.348 e. The van der Waals surface area contributed by atoms with Gasteiger partial charge in [-0.3, -0.25) is 4.98 Å². The Bertz CT molecular complexity index is 518. The second-order valence-electron chi connectivity index (χ2n) is 3.87. The molecule has 0 spiro atoms. The van der Waals surface area contributed by atoms with Crippen LogP contribution in [-0.4, -0.2) is 17.6 Å². The molecule has 18 heavy (non-hydrogen) atoms. The predicted molar refractivity (Wildman–Crippen MR) is 71.7 cm³/mol. The fourth-order valence-corrected chi connectivity index (χ4v) is 2.31. The molecule has 0 unspecified atom stereocenters. The van der Waals surface area contributed by atoms with Crippen LogP contribution in [0, 0.1) is 6.92 Å². The van der Waals surface area contributed by atoms with Gasteiger partial charge in [0.1, 0.15) is 4.88 Å². The number of hydrogen-bond acceptors (Lipinski definition) is 5. The molecule has 2 heterocycles. The number of nitrogens with two attached hydrogens (primary N) is 1. The summed E-state index contributed by atoms with van der Waals surface area (Å²) in [6, 6.07) is 5.47. The van der Waals surface area contributed by atoms with E-state index in [1.807, 2.05) is 19.1 Å². The molecule has 2 aromatic heterocycles. The summed E-state index contributed by atoms with van der Waals surface area (Å²) >= 11 is 1.36. The second-order valence-corrected chi connectivity index (χ2v) is 5.13. The predicted octanol–water partition coefficient (Wildman–Crippen LogP) is 2.43. The van der Waals surface area contributed by atoms with Gasteiger partial charge in [0, 0.05) is 29.4 Å². The van der Waals surface area contributed by atoms with Crippen LogP contribution in [0.5, 0.6) is 0 Å². The summed E-state index contributed by atoms with van der Waals surface area (Å²) in [6.07, 6.45) is 4.15. The molecule has 0 atom stereocenters. The zero-order chi connectivity index (χ0) is 13.0. The molecule has 0 amide bonds. The summed E-state index contributed by atoms with van der Waals surface area (Å²) in [6.45, 7) is 2.23. The van der Waals surface area contributed by atoms with E-state index in [4.69, 9.17) is 10.5 Å². The highest BCUT2D eigenvalue weighted by Crippen LogP contribution is 2.23. The third-order valence-electron chi connectivity index (χ3n) is 2.50. The van der Waals surface area contributed by atoms with Crippen molar-refractivity contribution < 1.29 is 9.53 Å². The molecule has 94 valence electrons. The average Bonchev–Trinajstić information content (AvgIpc) is 2.71. The molecule has 0 saturated carbocycles. The number of hydrogen-bond donors (Lipinski definition) is 1. The van der Waals surface area contributed by atoms with E-state index in [2.05, 4.69) is 4.98 Å². The van der Waals surface area contributed by atoms with E-state index < -0.39 is 0 Å². The summed E-state index contributed by atoms with van der Waals surface area (Å²) in [5, 5.41) is 0. The summed E-state index contributed by atoms with van der Waals surface area (Å²) in [5.74, 6) is -0.316. The lowest BCUT2D eigenvalue weighted by Gasteiger charge is -2.02. The third-order valence-corrected chi connectivity index (χ3v) is 3.55. The van der Waals surface area contributed by atoms with Crippen molar-refractivity contribution in [2.75, 3.05) is 12.3 Å². The van der Waals surface area contributed by atoms with Gasteiger partial charge in [-0.05, 0) is 24.6 Å². The maximum atomic E-state index is 11.7. The third kappa shape index (κ3) is 3.07. The first-order valence-corrected chi connectivity index (χ1v) is 6.40. The minimum absolute atomic E-state index is 0.316. The van der Waals surface area contributed by atoms with Gasteiger partial charge in [0.05, 0.1) is 6.61 Å². The van der Waals surface area contributed by atoms with Crippen LogP contribution in [0.25, 0.3) is 0 Å². The molecule has 0 aliphatic carbocycles. The van der Waals surface area contributed by atoms with Crippen molar-refractivity contribution in [1.29, 1.82) is 0 Å². The Kier molecular flexibility index (Phi) is 3.94. The van der Waals surface area contributed by atoms with E-state index >= 15 is 0 Å². The number of carbonyl (C=O) groups is 1. The minimum Gasteiger partial charge on any atom is -0.461 e. The van der Waals surface area contributed by atoms with Gasteiger partial charge < -0.3 is 10.5 Å². The van der Waals surface area contributed by atoms with E-state index in [1.54, 1.807) is 18.5 Å². The summed E-state index contributed by atoms with van der Waals surface area (Å²) in [4.78, 5) is 17.2. The highest BCUT2D eigenvalue weighted by molar-refractivity contribution is 7.14. The van der Waals surface area contributed by atoms with Crippen molar-refractivity contribution in [2.24, 2.45) is 0 Å². The lowest BCUT2D eigenvalue weighted by Crippen LogP contribution is -2.06. The highest BCUT2D eigenvalue weighted by atomic mass is 32.1. The van der Waals surface area contributed by atoms with E-state index in [9.17, 15) is 4.79 Å². The summed E-state index contributed by atoms with van der Waals surface area (Å²) < 4.78 is 5.19. The number of carbonyl (C=O) groups excluding carboxylic acids is 1. The molecule has 0 aliphatic heterocycles. The second kappa shape index (κ2) is 5.64. The number of aromatic nitrogens is 1. The molecule has 0 fully saturated rings. The first kappa shape index (κ1) is 12.6. The maximum Gasteiger partial charge on any atom is 0.348 e. The van der Waals surface area contributed by atoms with Gasteiger partial charge in [-0.25, -0.2) is 4.79 Å². The van der Waals surface area contributed by atoms with Gasteiger partial charge in [-0.1, -0.05) is 6.07 Å². The average molecular weight is 262 g/mol. The molecule has 0 aromatic carbocycles. The molecule has 2 N–H and O–H groups in total. The number of esters is 1. The SMILES string of the molecule is Cc1sc(C(=O)OCCc2cccnc2)cc1N. The van der Waals surface area contributed by atoms with Crippen LogP contribution in [0.1, 0.15) is 20.1 Å². The molecule has 0 bridgehead atoms. The molecular weight excluding hydrogens is 248 g/mol. The summed E-state index contributed by atoms with van der Waals surface area (Å²) in [5.41, 5.74) is 7.38. The molecule has 4 nitrogen and oxygen atoms in total. The quantitative estimate of drug-likeness (QED) is 0.859. The molecule has 0 aliphatic rings. The highest BCUT2D eigenvalue weighted by Gasteiger charge is 2.12. The number of nitrogen functional groups attached to an aromatic ring is 1. The number of nitrogens with zero attached hydrogens (tertiary/aromatic N) is 1. The number of rotatable bonds is 4. The largest absolute Gasteiger partial charge is 0.461 e. The Labute approximate surface area is 109 Å². The van der Waals surface area contributed by atoms with Crippen LogP contribution >= 0.6 is 11.3 Å². The van der Waals surface area contributed by atoms with Crippen molar-refractivity contribution >= 4 is 23.0 Å². The van der Waals surface area contributed by atoms with Gasteiger partial charge in [0.15, 0.2) is 0 Å². The van der Waals surface area contributed by atoms with Crippen molar-refractivity contribution in [2.45, 2.75) is 13.3 Å². The minimum atomic E-state index is -0.316. The zero-order valence-electron chi connectivity index (χ0n) is 10.1. The molecule has 2 aromatic rings. The molecular formula is C13H14N2O2S. The first-order valence-electron chi connectivity index (χ1n) is 5.59. The monoisotopic (exact) mass is 262 g/mol. The Hall–Kier alpha value is -1.88. The Morgan fingerprint density at radius 3 is 3.00 bits per heavy atom.